The molecule has 44 heavy (non-hydrogen) atoms. The summed E-state index contributed by atoms with van der Waals surface area (Å²) in [5.74, 6) is -2.59. The molecule has 0 radical (unpaired) electrons. The predicted molar refractivity (Wildman–Crippen MR) is 159 cm³/mol. The van der Waals surface area contributed by atoms with Gasteiger partial charge in [0.15, 0.2) is 5.69 Å². The highest BCUT2D eigenvalue weighted by Crippen LogP contribution is 2.20. The normalized spacial score (nSPS) is 20.0. The first-order valence-corrected chi connectivity index (χ1v) is 14.4. The van der Waals surface area contributed by atoms with Crippen molar-refractivity contribution >= 4 is 23.6 Å². The third-order valence-electron chi connectivity index (χ3n) is 7.48. The van der Waals surface area contributed by atoms with E-state index in [2.05, 4.69) is 26.3 Å². The molecule has 0 unspecified atom stereocenters. The summed E-state index contributed by atoms with van der Waals surface area (Å²) in [5, 5.41) is 11.1. The Balaban J connectivity index is 1.63. The third-order valence-corrected chi connectivity index (χ3v) is 7.48. The van der Waals surface area contributed by atoms with Crippen molar-refractivity contribution in [1.29, 1.82) is 0 Å². The summed E-state index contributed by atoms with van der Waals surface area (Å²) < 4.78 is 7.51. The van der Waals surface area contributed by atoms with Gasteiger partial charge >= 0.3 is 5.69 Å². The SMILES string of the molecule is CC(C)[C@@H]1NC(=O)[C@@H](NC(=O)c2cc(=O)n(C)c(=O)n2C)CCCCNC(=O)c2coc(n2)[C@@H](Cc2ccccc2)NC1=O. The Kier molecular flexibility index (Phi) is 10.1. The van der Waals surface area contributed by atoms with Gasteiger partial charge in [0.1, 0.15) is 30.1 Å². The van der Waals surface area contributed by atoms with Crippen LogP contribution in [0.25, 0.3) is 0 Å². The molecule has 0 fully saturated rings. The van der Waals surface area contributed by atoms with Gasteiger partial charge in [-0.2, -0.15) is 0 Å². The Morgan fingerprint density at radius 2 is 1.75 bits per heavy atom. The van der Waals surface area contributed by atoms with Crippen LogP contribution in [-0.4, -0.2) is 56.4 Å². The first-order valence-electron chi connectivity index (χ1n) is 14.4. The molecule has 0 aliphatic carbocycles. The molecule has 4 amide bonds. The molecule has 234 valence electrons. The Morgan fingerprint density at radius 3 is 2.45 bits per heavy atom. The van der Waals surface area contributed by atoms with Crippen LogP contribution in [0, 0.1) is 5.92 Å². The highest BCUT2D eigenvalue weighted by Gasteiger charge is 2.32. The van der Waals surface area contributed by atoms with Crippen LogP contribution in [0.3, 0.4) is 0 Å². The van der Waals surface area contributed by atoms with E-state index in [0.29, 0.717) is 19.3 Å². The van der Waals surface area contributed by atoms with Crippen molar-refractivity contribution in [2.75, 3.05) is 6.54 Å². The van der Waals surface area contributed by atoms with Gasteiger partial charge in [0.2, 0.25) is 17.7 Å². The van der Waals surface area contributed by atoms with Crippen LogP contribution in [0.15, 0.2) is 56.7 Å². The summed E-state index contributed by atoms with van der Waals surface area (Å²) in [4.78, 5) is 82.1. The Morgan fingerprint density at radius 1 is 1.02 bits per heavy atom. The van der Waals surface area contributed by atoms with Gasteiger partial charge in [-0.1, -0.05) is 44.2 Å². The van der Waals surface area contributed by atoms with E-state index in [1.165, 1.54) is 20.4 Å². The first kappa shape index (κ1) is 31.9. The van der Waals surface area contributed by atoms with E-state index in [9.17, 15) is 28.8 Å². The number of carbonyl (C=O) groups excluding carboxylic acids is 4. The zero-order valence-electron chi connectivity index (χ0n) is 25.1. The number of benzene rings is 1. The van der Waals surface area contributed by atoms with E-state index in [1.54, 1.807) is 13.8 Å². The molecular formula is C30H37N7O7. The van der Waals surface area contributed by atoms with E-state index in [4.69, 9.17) is 4.42 Å². The van der Waals surface area contributed by atoms with Gasteiger partial charge in [0.05, 0.1) is 0 Å². The number of fused-ring (bicyclic) bond motifs is 2. The Bertz CT molecular complexity index is 1640. The van der Waals surface area contributed by atoms with Crippen LogP contribution in [0.2, 0.25) is 0 Å². The molecule has 2 aromatic heterocycles. The lowest BCUT2D eigenvalue weighted by molar-refractivity contribution is -0.131. The second kappa shape index (κ2) is 14.0. The number of nitrogens with one attached hydrogen (secondary N) is 4. The van der Waals surface area contributed by atoms with Crippen molar-refractivity contribution in [1.82, 2.24) is 35.4 Å². The number of nitrogens with zero attached hydrogens (tertiary/aromatic N) is 3. The van der Waals surface area contributed by atoms with E-state index in [0.717, 1.165) is 20.8 Å². The van der Waals surface area contributed by atoms with Crippen molar-refractivity contribution in [3.8, 4) is 0 Å². The minimum Gasteiger partial charge on any atom is -0.446 e. The molecular weight excluding hydrogens is 570 g/mol. The molecule has 4 N–H and O–H groups in total. The van der Waals surface area contributed by atoms with Gasteiger partial charge < -0.3 is 25.7 Å². The first-order chi connectivity index (χ1) is 21.0. The average Bonchev–Trinajstić information content (AvgIpc) is 3.49. The van der Waals surface area contributed by atoms with E-state index < -0.39 is 53.0 Å². The van der Waals surface area contributed by atoms with Crippen molar-refractivity contribution in [3.63, 3.8) is 0 Å². The van der Waals surface area contributed by atoms with E-state index in [-0.39, 0.29) is 36.2 Å². The monoisotopic (exact) mass is 607 g/mol. The van der Waals surface area contributed by atoms with Crippen LogP contribution in [-0.2, 0) is 30.1 Å². The van der Waals surface area contributed by atoms with Crippen molar-refractivity contribution in [3.05, 3.63) is 86.3 Å². The fourth-order valence-electron chi connectivity index (χ4n) is 4.87. The van der Waals surface area contributed by atoms with E-state index >= 15 is 0 Å². The molecule has 14 heteroatoms. The second-order valence-corrected chi connectivity index (χ2v) is 11.1. The summed E-state index contributed by atoms with van der Waals surface area (Å²) in [6.07, 6.45) is 2.58. The summed E-state index contributed by atoms with van der Waals surface area (Å²) >= 11 is 0. The lowest BCUT2D eigenvalue weighted by Crippen LogP contribution is -2.56. The smallest absolute Gasteiger partial charge is 0.331 e. The fourth-order valence-corrected chi connectivity index (χ4v) is 4.87. The number of carbonyl (C=O) groups is 4. The molecule has 0 saturated carbocycles. The van der Waals surface area contributed by atoms with Crippen LogP contribution in [0.4, 0.5) is 0 Å². The molecule has 3 aromatic rings. The largest absolute Gasteiger partial charge is 0.446 e. The summed E-state index contributed by atoms with van der Waals surface area (Å²) in [7, 11) is 2.64. The van der Waals surface area contributed by atoms with Crippen molar-refractivity contribution in [2.45, 2.75) is 57.7 Å². The number of oxazole rings is 1. The number of aromatic nitrogens is 3. The van der Waals surface area contributed by atoms with Crippen LogP contribution >= 0.6 is 0 Å². The number of amides is 4. The van der Waals surface area contributed by atoms with Gasteiger partial charge in [-0.05, 0) is 30.7 Å². The lowest BCUT2D eigenvalue weighted by atomic mass is 10.00. The molecule has 1 aliphatic heterocycles. The number of hydrogen-bond donors (Lipinski definition) is 4. The molecule has 1 aromatic carbocycles. The summed E-state index contributed by atoms with van der Waals surface area (Å²) in [6.45, 7) is 3.81. The number of hydrogen-bond acceptors (Lipinski definition) is 8. The fraction of sp³-hybridized carbons (Fsp3) is 0.433. The molecule has 0 spiro atoms. The summed E-state index contributed by atoms with van der Waals surface area (Å²) in [6, 6.07) is 7.51. The zero-order chi connectivity index (χ0) is 32.0. The minimum absolute atomic E-state index is 0.0675. The average molecular weight is 608 g/mol. The van der Waals surface area contributed by atoms with E-state index in [1.807, 2.05) is 30.3 Å². The Hall–Kier alpha value is -5.01. The van der Waals surface area contributed by atoms with Gasteiger partial charge in [-0.15, -0.1) is 0 Å². The topological polar surface area (TPSA) is 186 Å². The lowest BCUT2D eigenvalue weighted by Gasteiger charge is -2.27. The van der Waals surface area contributed by atoms with Crippen LogP contribution < -0.4 is 32.5 Å². The minimum atomic E-state index is -1.11. The van der Waals surface area contributed by atoms with Gasteiger partial charge in [-0.25, -0.2) is 9.78 Å². The zero-order valence-corrected chi connectivity index (χ0v) is 25.1. The van der Waals surface area contributed by atoms with Crippen LogP contribution in [0.1, 0.15) is 71.6 Å². The molecule has 3 heterocycles. The standard InChI is InChI=1S/C30H37N7O7/c1-17(2)24-28(42)33-20(14-18-10-6-5-7-11-18)29-34-21(16-44-29)25(39)31-13-9-8-12-19(26(40)35-24)32-27(41)22-15-23(38)37(4)30(43)36(22)3/h5-7,10-11,15-17,19-20,24H,8-9,12-14H2,1-4H3,(H,31,39)(H,32,41)(H,33,42)(H,35,40)/t19-,20+,24-/m0/s1. The highest BCUT2D eigenvalue weighted by molar-refractivity contribution is 5.97. The van der Waals surface area contributed by atoms with Gasteiger partial charge in [0.25, 0.3) is 17.4 Å². The predicted octanol–water partition coefficient (Wildman–Crippen LogP) is 0.325. The quantitative estimate of drug-likeness (QED) is 0.319. The summed E-state index contributed by atoms with van der Waals surface area (Å²) in [5.41, 5.74) is -0.625. The van der Waals surface area contributed by atoms with Gasteiger partial charge in [-0.3, -0.25) is 33.1 Å². The maximum Gasteiger partial charge on any atom is 0.331 e. The van der Waals surface area contributed by atoms with Gasteiger partial charge in [0, 0.05) is 33.1 Å². The van der Waals surface area contributed by atoms with Crippen LogP contribution in [0.5, 0.6) is 0 Å². The maximum atomic E-state index is 13.6. The maximum absolute atomic E-state index is 13.6. The highest BCUT2D eigenvalue weighted by atomic mass is 16.3. The Labute approximate surface area is 253 Å². The van der Waals surface area contributed by atoms with Crippen molar-refractivity contribution in [2.24, 2.45) is 20.0 Å². The molecule has 0 saturated heterocycles. The molecule has 2 bridgehead atoms. The molecule has 4 rings (SSSR count). The second-order valence-electron chi connectivity index (χ2n) is 11.1. The molecule has 3 atom stereocenters. The third kappa shape index (κ3) is 7.49. The number of rotatable bonds is 5. The molecule has 14 nitrogen and oxygen atoms in total. The molecule has 1 aliphatic rings. The van der Waals surface area contributed by atoms with Crippen molar-refractivity contribution < 1.29 is 23.6 Å².